The number of rotatable bonds is 5. The van der Waals surface area contributed by atoms with Crippen LogP contribution in [0.15, 0.2) is 24.3 Å². The molecule has 0 saturated carbocycles. The maximum absolute atomic E-state index is 11.8. The largest absolute Gasteiger partial charge is 0.480 e. The van der Waals surface area contributed by atoms with Crippen molar-refractivity contribution in [2.45, 2.75) is 19.9 Å². The van der Waals surface area contributed by atoms with Crippen LogP contribution < -0.4 is 14.8 Å². The van der Waals surface area contributed by atoms with Gasteiger partial charge in [0, 0.05) is 6.08 Å². The van der Waals surface area contributed by atoms with Gasteiger partial charge < -0.3 is 19.9 Å². The second-order valence-corrected chi connectivity index (χ2v) is 5.01. The summed E-state index contributed by atoms with van der Waals surface area (Å²) in [6, 6.07) is 4.39. The fourth-order valence-corrected chi connectivity index (χ4v) is 1.90. The van der Waals surface area contributed by atoms with Crippen molar-refractivity contribution in [2.75, 3.05) is 6.79 Å². The fraction of sp³-hybridized carbons (Fsp3) is 0.333. The van der Waals surface area contributed by atoms with Gasteiger partial charge in [-0.05, 0) is 29.7 Å². The van der Waals surface area contributed by atoms with Gasteiger partial charge >= 0.3 is 5.97 Å². The molecule has 1 aliphatic heterocycles. The predicted molar refractivity (Wildman–Crippen MR) is 76.0 cm³/mol. The van der Waals surface area contributed by atoms with Gasteiger partial charge in [0.2, 0.25) is 12.7 Å². The van der Waals surface area contributed by atoms with E-state index >= 15 is 0 Å². The molecular weight excluding hydrogens is 274 g/mol. The van der Waals surface area contributed by atoms with Gasteiger partial charge in [0.05, 0.1) is 0 Å². The molecule has 0 aliphatic carbocycles. The monoisotopic (exact) mass is 291 g/mol. The second-order valence-electron chi connectivity index (χ2n) is 5.01. The number of carboxylic acids is 1. The molecule has 0 radical (unpaired) electrons. The summed E-state index contributed by atoms with van der Waals surface area (Å²) in [5, 5.41) is 11.5. The Labute approximate surface area is 122 Å². The van der Waals surface area contributed by atoms with Crippen molar-refractivity contribution < 1.29 is 24.2 Å². The van der Waals surface area contributed by atoms with Crippen LogP contribution >= 0.6 is 0 Å². The number of hydrogen-bond acceptors (Lipinski definition) is 4. The molecule has 6 heteroatoms. The van der Waals surface area contributed by atoms with Gasteiger partial charge in [-0.2, -0.15) is 0 Å². The highest BCUT2D eigenvalue weighted by Crippen LogP contribution is 2.32. The van der Waals surface area contributed by atoms with E-state index in [9.17, 15) is 9.59 Å². The first-order chi connectivity index (χ1) is 9.97. The van der Waals surface area contributed by atoms with Gasteiger partial charge in [-0.1, -0.05) is 19.9 Å². The molecule has 0 bridgehead atoms. The predicted octanol–water partition coefficient (Wildman–Crippen LogP) is 1.65. The lowest BCUT2D eigenvalue weighted by molar-refractivity contribution is -0.142. The zero-order valence-electron chi connectivity index (χ0n) is 11.8. The summed E-state index contributed by atoms with van der Waals surface area (Å²) < 4.78 is 10.4. The Balaban J connectivity index is 2.00. The van der Waals surface area contributed by atoms with Gasteiger partial charge in [-0.25, -0.2) is 4.79 Å². The van der Waals surface area contributed by atoms with Crippen LogP contribution in [0.3, 0.4) is 0 Å². The van der Waals surface area contributed by atoms with Crippen molar-refractivity contribution in [2.24, 2.45) is 5.92 Å². The van der Waals surface area contributed by atoms with Crippen LogP contribution in [0.4, 0.5) is 0 Å². The average molecular weight is 291 g/mol. The summed E-state index contributed by atoms with van der Waals surface area (Å²) >= 11 is 0. The molecule has 1 aromatic carbocycles. The van der Waals surface area contributed by atoms with E-state index in [0.717, 1.165) is 5.56 Å². The van der Waals surface area contributed by atoms with Crippen LogP contribution in [0.5, 0.6) is 11.5 Å². The number of carboxylic acid groups (broad SMARTS) is 1. The molecule has 1 aromatic rings. The fourth-order valence-electron chi connectivity index (χ4n) is 1.90. The molecule has 1 aliphatic rings. The van der Waals surface area contributed by atoms with Crippen molar-refractivity contribution in [3.63, 3.8) is 0 Å². The third kappa shape index (κ3) is 3.75. The number of fused-ring (bicyclic) bond motifs is 1. The Morgan fingerprint density at radius 2 is 2.00 bits per heavy atom. The Morgan fingerprint density at radius 1 is 1.29 bits per heavy atom. The van der Waals surface area contributed by atoms with Crippen molar-refractivity contribution >= 4 is 18.0 Å². The minimum Gasteiger partial charge on any atom is -0.480 e. The normalized spacial score (nSPS) is 14.4. The standard InChI is InChI=1S/C15H17NO5/c1-9(2)14(15(18)19)16-13(17)6-4-10-3-5-11-12(7-10)21-8-20-11/h3-7,9,14H,8H2,1-2H3,(H,16,17)(H,18,19)/b6-4+. The molecule has 6 nitrogen and oxygen atoms in total. The van der Waals surface area contributed by atoms with E-state index in [1.807, 2.05) is 0 Å². The minimum absolute atomic E-state index is 0.189. The first-order valence-corrected chi connectivity index (χ1v) is 6.58. The van der Waals surface area contributed by atoms with E-state index in [4.69, 9.17) is 14.6 Å². The van der Waals surface area contributed by atoms with Crippen LogP contribution in [0, 0.1) is 5.92 Å². The number of carbonyl (C=O) groups is 2. The van der Waals surface area contributed by atoms with Gasteiger partial charge in [0.25, 0.3) is 0 Å². The third-order valence-electron chi connectivity index (χ3n) is 3.05. The van der Waals surface area contributed by atoms with Crippen molar-refractivity contribution in [1.29, 1.82) is 0 Å². The highest BCUT2D eigenvalue weighted by Gasteiger charge is 2.22. The second kappa shape index (κ2) is 6.30. The van der Waals surface area contributed by atoms with E-state index < -0.39 is 17.9 Å². The van der Waals surface area contributed by atoms with Crippen molar-refractivity contribution in [3.8, 4) is 11.5 Å². The van der Waals surface area contributed by atoms with E-state index in [0.29, 0.717) is 11.5 Å². The number of amides is 1. The number of benzene rings is 1. The van der Waals surface area contributed by atoms with Crippen molar-refractivity contribution in [1.82, 2.24) is 5.32 Å². The summed E-state index contributed by atoms with van der Waals surface area (Å²) in [6.07, 6.45) is 2.90. The Bertz CT molecular complexity index is 579. The number of nitrogens with one attached hydrogen (secondary N) is 1. The number of ether oxygens (including phenoxy) is 2. The Hall–Kier alpha value is -2.50. The number of aliphatic carboxylic acids is 1. The summed E-state index contributed by atoms with van der Waals surface area (Å²) in [4.78, 5) is 22.8. The van der Waals surface area contributed by atoms with Gasteiger partial charge in [-0.3, -0.25) is 4.79 Å². The van der Waals surface area contributed by atoms with Crippen LogP contribution in [0.2, 0.25) is 0 Å². The van der Waals surface area contributed by atoms with Gasteiger partial charge in [-0.15, -0.1) is 0 Å². The lowest BCUT2D eigenvalue weighted by atomic mass is 10.0. The van der Waals surface area contributed by atoms with Crippen LogP contribution in [0.1, 0.15) is 19.4 Å². The highest BCUT2D eigenvalue weighted by molar-refractivity contribution is 5.94. The molecule has 0 saturated heterocycles. The van der Waals surface area contributed by atoms with E-state index in [1.165, 1.54) is 6.08 Å². The van der Waals surface area contributed by atoms with E-state index in [1.54, 1.807) is 38.1 Å². The first kappa shape index (κ1) is 14.9. The average Bonchev–Trinajstić information content (AvgIpc) is 2.89. The molecular formula is C15H17NO5. The van der Waals surface area contributed by atoms with Crippen LogP contribution in [-0.4, -0.2) is 29.8 Å². The molecule has 2 rings (SSSR count). The molecule has 0 fully saturated rings. The van der Waals surface area contributed by atoms with E-state index in [-0.39, 0.29) is 12.7 Å². The molecule has 1 unspecified atom stereocenters. The molecule has 1 heterocycles. The van der Waals surface area contributed by atoms with Crippen molar-refractivity contribution in [3.05, 3.63) is 29.8 Å². The lowest BCUT2D eigenvalue weighted by Gasteiger charge is -2.16. The Kier molecular flexibility index (Phi) is 4.47. The summed E-state index contributed by atoms with van der Waals surface area (Å²) in [5.74, 6) is -0.389. The maximum Gasteiger partial charge on any atom is 0.326 e. The first-order valence-electron chi connectivity index (χ1n) is 6.58. The maximum atomic E-state index is 11.8. The van der Waals surface area contributed by atoms with Gasteiger partial charge in [0.1, 0.15) is 6.04 Å². The highest BCUT2D eigenvalue weighted by atomic mass is 16.7. The topological polar surface area (TPSA) is 84.9 Å². The molecule has 0 spiro atoms. The Morgan fingerprint density at radius 3 is 2.67 bits per heavy atom. The molecule has 1 amide bonds. The number of hydrogen-bond donors (Lipinski definition) is 2. The summed E-state index contributed by atoms with van der Waals surface area (Å²) in [5.41, 5.74) is 0.769. The number of carbonyl (C=O) groups excluding carboxylic acids is 1. The summed E-state index contributed by atoms with van der Waals surface area (Å²) in [6.45, 7) is 3.67. The van der Waals surface area contributed by atoms with Crippen LogP contribution in [-0.2, 0) is 9.59 Å². The molecule has 21 heavy (non-hydrogen) atoms. The van der Waals surface area contributed by atoms with Gasteiger partial charge in [0.15, 0.2) is 11.5 Å². The minimum atomic E-state index is -1.05. The smallest absolute Gasteiger partial charge is 0.326 e. The molecule has 0 aromatic heterocycles. The molecule has 112 valence electrons. The zero-order chi connectivity index (χ0) is 15.4. The molecule has 2 N–H and O–H groups in total. The SMILES string of the molecule is CC(C)C(NC(=O)/C=C/c1ccc2c(c1)OCO2)C(=O)O. The molecule has 1 atom stereocenters. The van der Waals surface area contributed by atoms with E-state index in [2.05, 4.69) is 5.32 Å². The van der Waals surface area contributed by atoms with Crippen LogP contribution in [0.25, 0.3) is 6.08 Å². The zero-order valence-corrected chi connectivity index (χ0v) is 11.8. The third-order valence-corrected chi connectivity index (χ3v) is 3.05. The quantitative estimate of drug-likeness (QED) is 0.806. The lowest BCUT2D eigenvalue weighted by Crippen LogP contribution is -2.43. The summed E-state index contributed by atoms with van der Waals surface area (Å²) in [7, 11) is 0.